The predicted octanol–water partition coefficient (Wildman–Crippen LogP) is 6.97. The highest BCUT2D eigenvalue weighted by Gasteiger charge is 2.16. The number of nitro benzene ring substituents is 1. The number of allylic oxidation sites excluding steroid dienone is 1. The lowest BCUT2D eigenvalue weighted by atomic mass is 10.1. The van der Waals surface area contributed by atoms with Gasteiger partial charge in [-0.2, -0.15) is 0 Å². The second kappa shape index (κ2) is 10.3. The molecule has 0 aliphatic heterocycles. The van der Waals surface area contributed by atoms with Gasteiger partial charge in [0.15, 0.2) is 11.5 Å². The number of benzene rings is 2. The van der Waals surface area contributed by atoms with Crippen LogP contribution in [0.4, 0.5) is 5.69 Å². The van der Waals surface area contributed by atoms with Gasteiger partial charge in [-0.25, -0.2) is 0 Å². The molecule has 0 bridgehead atoms. The van der Waals surface area contributed by atoms with Crippen molar-refractivity contribution in [3.05, 3.63) is 121 Å². The fourth-order valence-electron chi connectivity index (χ4n) is 3.11. The molecule has 2 aromatic carbocycles. The summed E-state index contributed by atoms with van der Waals surface area (Å²) in [5, 5.41) is 11.4. The number of ketones is 1. The van der Waals surface area contributed by atoms with Gasteiger partial charge in [-0.15, -0.1) is 11.3 Å². The third kappa shape index (κ3) is 5.97. The van der Waals surface area contributed by atoms with Gasteiger partial charge in [0.1, 0.15) is 18.1 Å². The maximum absolute atomic E-state index is 12.5. The molecule has 4 aromatic rings. The van der Waals surface area contributed by atoms with E-state index in [1.165, 1.54) is 41.2 Å². The minimum Gasteiger partial charge on any atom is -0.479 e. The number of hydrogen-bond acceptors (Lipinski definition) is 6. The van der Waals surface area contributed by atoms with Crippen LogP contribution in [-0.4, -0.2) is 10.7 Å². The first-order valence-corrected chi connectivity index (χ1v) is 11.2. The summed E-state index contributed by atoms with van der Waals surface area (Å²) < 4.78 is 11.2. The van der Waals surface area contributed by atoms with Crippen LogP contribution in [0.5, 0.6) is 5.75 Å². The Kier molecular flexibility index (Phi) is 7.02. The van der Waals surface area contributed by atoms with Gasteiger partial charge in [-0.1, -0.05) is 41.9 Å². The summed E-state index contributed by atoms with van der Waals surface area (Å²) in [6.45, 7) is -0.00195. The minimum absolute atomic E-state index is 0.00195. The minimum atomic E-state index is -0.557. The lowest BCUT2D eigenvalue weighted by Crippen LogP contribution is -1.98. The van der Waals surface area contributed by atoms with Crippen LogP contribution in [0.3, 0.4) is 0 Å². The SMILES string of the molecule is O=C(/C=C/c1ccc(COc2ccc(Cl)cc2[N+](=O)[O-])o1)c1ccc(Cc2ccccc2)s1. The number of carbonyl (C=O) groups is 1. The van der Waals surface area contributed by atoms with E-state index in [0.717, 1.165) is 11.3 Å². The number of nitrogens with zero attached hydrogens (tertiary/aromatic N) is 1. The number of thiophene rings is 1. The van der Waals surface area contributed by atoms with E-state index in [4.69, 9.17) is 20.8 Å². The van der Waals surface area contributed by atoms with Crippen LogP contribution in [-0.2, 0) is 13.0 Å². The molecule has 0 atom stereocenters. The van der Waals surface area contributed by atoms with E-state index in [1.807, 2.05) is 30.3 Å². The molecule has 0 amide bonds. The summed E-state index contributed by atoms with van der Waals surface area (Å²) in [4.78, 5) is 24.9. The highest BCUT2D eigenvalue weighted by atomic mass is 35.5. The summed E-state index contributed by atoms with van der Waals surface area (Å²) in [7, 11) is 0. The molecule has 8 heteroatoms. The van der Waals surface area contributed by atoms with Gasteiger partial charge < -0.3 is 9.15 Å². The molecule has 0 saturated heterocycles. The third-order valence-electron chi connectivity index (χ3n) is 4.69. The Hall–Kier alpha value is -3.68. The van der Waals surface area contributed by atoms with Crippen molar-refractivity contribution in [1.82, 2.24) is 0 Å². The Morgan fingerprint density at radius 1 is 1.09 bits per heavy atom. The molecule has 0 aliphatic carbocycles. The fraction of sp³-hybridized carbons (Fsp3) is 0.0800. The summed E-state index contributed by atoms with van der Waals surface area (Å²) >= 11 is 7.28. The lowest BCUT2D eigenvalue weighted by molar-refractivity contribution is -0.385. The van der Waals surface area contributed by atoms with Crippen molar-refractivity contribution in [3.8, 4) is 5.75 Å². The van der Waals surface area contributed by atoms with Crippen molar-refractivity contribution in [1.29, 1.82) is 0 Å². The molecule has 2 aromatic heterocycles. The molecule has 33 heavy (non-hydrogen) atoms. The third-order valence-corrected chi connectivity index (χ3v) is 6.03. The largest absolute Gasteiger partial charge is 0.479 e. The molecule has 0 spiro atoms. The Bertz CT molecular complexity index is 1310. The van der Waals surface area contributed by atoms with Crippen molar-refractivity contribution in [2.24, 2.45) is 0 Å². The highest BCUT2D eigenvalue weighted by molar-refractivity contribution is 7.14. The van der Waals surface area contributed by atoms with Crippen LogP contribution in [0, 0.1) is 10.1 Å². The van der Waals surface area contributed by atoms with Gasteiger partial charge in [0.25, 0.3) is 0 Å². The van der Waals surface area contributed by atoms with Gasteiger partial charge in [0.05, 0.1) is 9.80 Å². The van der Waals surface area contributed by atoms with E-state index in [1.54, 1.807) is 18.2 Å². The molecular formula is C25H18ClNO5S. The second-order valence-electron chi connectivity index (χ2n) is 7.09. The molecule has 0 saturated carbocycles. The monoisotopic (exact) mass is 479 g/mol. The molecule has 0 radical (unpaired) electrons. The number of furan rings is 1. The molecular weight excluding hydrogens is 462 g/mol. The Balaban J connectivity index is 1.35. The number of nitro groups is 1. The normalized spacial score (nSPS) is 11.1. The van der Waals surface area contributed by atoms with Gasteiger partial charge in [-0.05, 0) is 54.1 Å². The molecule has 4 rings (SSSR count). The van der Waals surface area contributed by atoms with E-state index in [0.29, 0.717) is 16.4 Å². The average molecular weight is 480 g/mol. The van der Waals surface area contributed by atoms with Gasteiger partial charge >= 0.3 is 5.69 Å². The number of carbonyl (C=O) groups excluding carboxylic acids is 1. The van der Waals surface area contributed by atoms with Gasteiger partial charge in [0.2, 0.25) is 0 Å². The van der Waals surface area contributed by atoms with Crippen LogP contribution in [0.25, 0.3) is 6.08 Å². The van der Waals surface area contributed by atoms with Crippen molar-refractivity contribution in [2.75, 3.05) is 0 Å². The maximum Gasteiger partial charge on any atom is 0.312 e. The summed E-state index contributed by atoms with van der Waals surface area (Å²) in [5.41, 5.74) is 0.977. The van der Waals surface area contributed by atoms with Crippen molar-refractivity contribution in [3.63, 3.8) is 0 Å². The predicted molar refractivity (Wildman–Crippen MR) is 128 cm³/mol. The quantitative estimate of drug-likeness (QED) is 0.112. The first kappa shape index (κ1) is 22.5. The highest BCUT2D eigenvalue weighted by Crippen LogP contribution is 2.30. The van der Waals surface area contributed by atoms with E-state index < -0.39 is 4.92 Å². The first-order chi connectivity index (χ1) is 16.0. The number of ether oxygens (including phenoxy) is 1. The van der Waals surface area contributed by atoms with Crippen LogP contribution >= 0.6 is 22.9 Å². The molecule has 166 valence electrons. The van der Waals surface area contributed by atoms with Crippen LogP contribution in [0.15, 0.2) is 83.3 Å². The number of rotatable bonds is 9. The van der Waals surface area contributed by atoms with Crippen molar-refractivity contribution in [2.45, 2.75) is 13.0 Å². The molecule has 2 heterocycles. The Morgan fingerprint density at radius 2 is 1.91 bits per heavy atom. The average Bonchev–Trinajstić information content (AvgIpc) is 3.47. The molecule has 0 aliphatic rings. The zero-order chi connectivity index (χ0) is 23.2. The molecule has 0 N–H and O–H groups in total. The zero-order valence-corrected chi connectivity index (χ0v) is 18.8. The lowest BCUT2D eigenvalue weighted by Gasteiger charge is -2.05. The van der Waals surface area contributed by atoms with E-state index in [2.05, 4.69) is 12.1 Å². The summed E-state index contributed by atoms with van der Waals surface area (Å²) in [6.07, 6.45) is 3.84. The van der Waals surface area contributed by atoms with Crippen LogP contribution in [0.2, 0.25) is 5.02 Å². The van der Waals surface area contributed by atoms with Crippen molar-refractivity contribution >= 4 is 40.5 Å². The molecule has 0 unspecified atom stereocenters. The number of halogens is 1. The number of hydrogen-bond donors (Lipinski definition) is 0. The van der Waals surface area contributed by atoms with Crippen molar-refractivity contribution < 1.29 is 18.9 Å². The summed E-state index contributed by atoms with van der Waals surface area (Å²) in [6, 6.07) is 21.5. The van der Waals surface area contributed by atoms with Crippen LogP contribution < -0.4 is 4.74 Å². The fourth-order valence-corrected chi connectivity index (χ4v) is 4.24. The zero-order valence-electron chi connectivity index (χ0n) is 17.3. The Morgan fingerprint density at radius 3 is 2.70 bits per heavy atom. The van der Waals surface area contributed by atoms with Gasteiger partial charge in [-0.3, -0.25) is 14.9 Å². The maximum atomic E-state index is 12.5. The standard InChI is InChI=1S/C25H18ClNO5S/c26-18-6-12-24(22(15-18)27(29)30)31-16-20-8-7-19(32-20)9-11-23(28)25-13-10-21(33-25)14-17-4-2-1-3-5-17/h1-13,15H,14,16H2/b11-9+. The first-order valence-electron chi connectivity index (χ1n) is 9.98. The summed E-state index contributed by atoms with van der Waals surface area (Å²) in [5.74, 6) is 0.934. The van der Waals surface area contributed by atoms with E-state index in [9.17, 15) is 14.9 Å². The van der Waals surface area contributed by atoms with E-state index >= 15 is 0 Å². The Labute approximate surface area is 198 Å². The van der Waals surface area contributed by atoms with E-state index in [-0.39, 0.29) is 28.8 Å². The second-order valence-corrected chi connectivity index (χ2v) is 8.69. The van der Waals surface area contributed by atoms with Gasteiger partial charge in [0, 0.05) is 22.4 Å². The molecule has 6 nitrogen and oxygen atoms in total. The van der Waals surface area contributed by atoms with Crippen LogP contribution in [0.1, 0.15) is 31.6 Å². The smallest absolute Gasteiger partial charge is 0.312 e. The molecule has 0 fully saturated rings. The topological polar surface area (TPSA) is 82.6 Å².